The average molecular weight is 313 g/mol. The molecule has 1 amide bonds. The van der Waals surface area contributed by atoms with Gasteiger partial charge in [-0.1, -0.05) is 24.3 Å². The molecule has 0 fully saturated rings. The molecule has 1 atom stereocenters. The number of methoxy groups -OCH3 is 1. The van der Waals surface area contributed by atoms with Gasteiger partial charge in [0, 0.05) is 26.3 Å². The number of fused-ring (bicyclic) bond motifs is 1. The van der Waals surface area contributed by atoms with E-state index in [0.29, 0.717) is 19.6 Å². The molecular formula is C18H23N3O2. The average Bonchev–Trinajstić information content (AvgIpc) is 2.90. The third-order valence-electron chi connectivity index (χ3n) is 4.62. The lowest BCUT2D eigenvalue weighted by Gasteiger charge is -2.35. The molecule has 2 aromatic rings. The molecule has 0 aliphatic carbocycles. The number of imidazole rings is 1. The van der Waals surface area contributed by atoms with Crippen molar-refractivity contribution in [2.75, 3.05) is 13.7 Å². The summed E-state index contributed by atoms with van der Waals surface area (Å²) in [5.74, 6) is 0.137. The number of hydrogen-bond donors (Lipinski definition) is 0. The highest BCUT2D eigenvalue weighted by atomic mass is 16.5. The first-order chi connectivity index (χ1) is 11.1. The second-order valence-electron chi connectivity index (χ2n) is 6.19. The number of nitrogens with zero attached hydrogens (tertiary/aromatic N) is 3. The maximum Gasteiger partial charge on any atom is 0.227 e. The predicted molar refractivity (Wildman–Crippen MR) is 88.0 cm³/mol. The largest absolute Gasteiger partial charge is 0.383 e. The highest BCUT2D eigenvalue weighted by Crippen LogP contribution is 2.23. The summed E-state index contributed by atoms with van der Waals surface area (Å²) in [5.41, 5.74) is 4.44. The van der Waals surface area contributed by atoms with E-state index in [-0.39, 0.29) is 11.9 Å². The first-order valence-electron chi connectivity index (χ1n) is 7.92. The normalized spacial score (nSPS) is 17.2. The van der Waals surface area contributed by atoms with Gasteiger partial charge >= 0.3 is 0 Å². The van der Waals surface area contributed by atoms with Crippen LogP contribution in [0.15, 0.2) is 30.6 Å². The van der Waals surface area contributed by atoms with E-state index in [1.165, 1.54) is 5.69 Å². The van der Waals surface area contributed by atoms with Crippen molar-refractivity contribution in [1.82, 2.24) is 14.5 Å². The van der Waals surface area contributed by atoms with E-state index >= 15 is 0 Å². The van der Waals surface area contributed by atoms with Crippen molar-refractivity contribution in [2.24, 2.45) is 7.05 Å². The van der Waals surface area contributed by atoms with Crippen LogP contribution in [0.1, 0.15) is 22.5 Å². The number of benzene rings is 1. The van der Waals surface area contributed by atoms with Crippen molar-refractivity contribution in [3.63, 3.8) is 0 Å². The Kier molecular flexibility index (Phi) is 4.48. The van der Waals surface area contributed by atoms with Gasteiger partial charge in [-0.3, -0.25) is 4.79 Å². The van der Waals surface area contributed by atoms with Crippen molar-refractivity contribution >= 4 is 5.91 Å². The SMILES string of the molecule is COC[C@@H]1Cc2c(ncn2C)CN1C(=O)Cc1ccccc1C. The zero-order valence-electron chi connectivity index (χ0n) is 14.0. The van der Waals surface area contributed by atoms with Crippen LogP contribution in [0.25, 0.3) is 0 Å². The summed E-state index contributed by atoms with van der Waals surface area (Å²) in [6.07, 6.45) is 3.04. The lowest BCUT2D eigenvalue weighted by Crippen LogP contribution is -2.47. The molecule has 1 aromatic heterocycles. The van der Waals surface area contributed by atoms with Gasteiger partial charge in [-0.05, 0) is 18.1 Å². The highest BCUT2D eigenvalue weighted by molar-refractivity contribution is 5.79. The van der Waals surface area contributed by atoms with Crippen molar-refractivity contribution in [3.05, 3.63) is 53.1 Å². The summed E-state index contributed by atoms with van der Waals surface area (Å²) in [6.45, 7) is 3.15. The summed E-state index contributed by atoms with van der Waals surface area (Å²) < 4.78 is 7.39. The lowest BCUT2D eigenvalue weighted by atomic mass is 10.00. The molecule has 3 rings (SSSR count). The fraction of sp³-hybridized carbons (Fsp3) is 0.444. The van der Waals surface area contributed by atoms with Gasteiger partial charge in [-0.15, -0.1) is 0 Å². The van der Waals surface area contributed by atoms with Gasteiger partial charge in [0.25, 0.3) is 0 Å². The number of aryl methyl sites for hydroxylation is 2. The van der Waals surface area contributed by atoms with Crippen molar-refractivity contribution in [1.29, 1.82) is 0 Å². The van der Waals surface area contributed by atoms with Gasteiger partial charge < -0.3 is 14.2 Å². The fourth-order valence-corrected chi connectivity index (χ4v) is 3.23. The number of carbonyl (C=O) groups is 1. The second-order valence-corrected chi connectivity index (χ2v) is 6.19. The van der Waals surface area contributed by atoms with Gasteiger partial charge in [0.15, 0.2) is 0 Å². The Hall–Kier alpha value is -2.14. The highest BCUT2D eigenvalue weighted by Gasteiger charge is 2.32. The molecule has 0 radical (unpaired) electrons. The monoisotopic (exact) mass is 313 g/mol. The number of hydrogen-bond acceptors (Lipinski definition) is 3. The van der Waals surface area contributed by atoms with Crippen molar-refractivity contribution < 1.29 is 9.53 Å². The number of amides is 1. The molecule has 5 nitrogen and oxygen atoms in total. The Balaban J connectivity index is 1.82. The van der Waals surface area contributed by atoms with Crippen LogP contribution in [-0.4, -0.2) is 40.1 Å². The Labute approximate surface area is 136 Å². The Morgan fingerprint density at radius 3 is 2.91 bits per heavy atom. The minimum atomic E-state index is 0.0689. The smallest absolute Gasteiger partial charge is 0.227 e. The molecule has 122 valence electrons. The second kappa shape index (κ2) is 6.54. The maximum atomic E-state index is 12.9. The molecule has 0 saturated carbocycles. The molecule has 1 aliphatic heterocycles. The Bertz CT molecular complexity index is 708. The molecule has 1 aromatic carbocycles. The summed E-state index contributed by atoms with van der Waals surface area (Å²) in [7, 11) is 3.68. The van der Waals surface area contributed by atoms with E-state index in [0.717, 1.165) is 23.2 Å². The topological polar surface area (TPSA) is 47.4 Å². The summed E-state index contributed by atoms with van der Waals surface area (Å²) >= 11 is 0. The molecule has 0 N–H and O–H groups in total. The molecule has 0 spiro atoms. The minimum absolute atomic E-state index is 0.0689. The molecule has 5 heteroatoms. The standard InChI is InChI=1S/C18H23N3O2/c1-13-6-4-5-7-14(13)8-18(22)21-10-16-17(20(2)12-19-16)9-15(21)11-23-3/h4-7,12,15H,8-11H2,1-3H3/t15-/m0/s1. The van der Waals surface area contributed by atoms with E-state index in [4.69, 9.17) is 4.74 Å². The van der Waals surface area contributed by atoms with Gasteiger partial charge in [0.05, 0.1) is 37.6 Å². The summed E-state index contributed by atoms with van der Waals surface area (Å²) in [4.78, 5) is 19.2. The van der Waals surface area contributed by atoms with E-state index in [1.807, 2.05) is 54.0 Å². The van der Waals surface area contributed by atoms with Crippen LogP contribution in [0.2, 0.25) is 0 Å². The molecule has 0 bridgehead atoms. The van der Waals surface area contributed by atoms with E-state index in [1.54, 1.807) is 7.11 Å². The molecule has 0 saturated heterocycles. The molecule has 23 heavy (non-hydrogen) atoms. The van der Waals surface area contributed by atoms with Crippen LogP contribution < -0.4 is 0 Å². The van der Waals surface area contributed by atoms with Crippen LogP contribution in [0, 0.1) is 6.92 Å². The maximum absolute atomic E-state index is 12.9. The van der Waals surface area contributed by atoms with Gasteiger partial charge in [-0.25, -0.2) is 4.98 Å². The molecule has 2 heterocycles. The van der Waals surface area contributed by atoms with E-state index in [9.17, 15) is 4.79 Å². The Morgan fingerprint density at radius 2 is 2.17 bits per heavy atom. The predicted octanol–water partition coefficient (Wildman–Crippen LogP) is 1.87. The van der Waals surface area contributed by atoms with Crippen LogP contribution in [0.5, 0.6) is 0 Å². The zero-order chi connectivity index (χ0) is 16.4. The van der Waals surface area contributed by atoms with Gasteiger partial charge in [-0.2, -0.15) is 0 Å². The lowest BCUT2D eigenvalue weighted by molar-refractivity contribution is -0.135. The van der Waals surface area contributed by atoms with Gasteiger partial charge in [0.1, 0.15) is 0 Å². The van der Waals surface area contributed by atoms with Crippen LogP contribution in [0.3, 0.4) is 0 Å². The van der Waals surface area contributed by atoms with Crippen LogP contribution >= 0.6 is 0 Å². The van der Waals surface area contributed by atoms with E-state index < -0.39 is 0 Å². The first kappa shape index (κ1) is 15.7. The molecule has 1 aliphatic rings. The van der Waals surface area contributed by atoms with Crippen LogP contribution in [0.4, 0.5) is 0 Å². The number of carbonyl (C=O) groups excluding carboxylic acids is 1. The van der Waals surface area contributed by atoms with Crippen molar-refractivity contribution in [3.8, 4) is 0 Å². The summed E-state index contributed by atoms with van der Waals surface area (Å²) in [6, 6.07) is 8.11. The third-order valence-corrected chi connectivity index (χ3v) is 4.62. The molecular weight excluding hydrogens is 290 g/mol. The molecule has 0 unspecified atom stereocenters. The summed E-state index contributed by atoms with van der Waals surface area (Å²) in [5, 5.41) is 0. The third kappa shape index (κ3) is 3.15. The Morgan fingerprint density at radius 1 is 1.39 bits per heavy atom. The zero-order valence-corrected chi connectivity index (χ0v) is 14.0. The number of aromatic nitrogens is 2. The first-order valence-corrected chi connectivity index (χ1v) is 7.92. The van der Waals surface area contributed by atoms with Crippen LogP contribution in [-0.2, 0) is 36.0 Å². The number of ether oxygens (including phenoxy) is 1. The van der Waals surface area contributed by atoms with E-state index in [2.05, 4.69) is 4.98 Å². The van der Waals surface area contributed by atoms with Gasteiger partial charge in [0.2, 0.25) is 5.91 Å². The fourth-order valence-electron chi connectivity index (χ4n) is 3.23. The minimum Gasteiger partial charge on any atom is -0.383 e. The quantitative estimate of drug-likeness (QED) is 0.866. The number of rotatable bonds is 4. The van der Waals surface area contributed by atoms with Crippen molar-refractivity contribution in [2.45, 2.75) is 32.4 Å².